The molecule has 3 nitrogen and oxygen atoms in total. The van der Waals surface area contributed by atoms with Crippen LogP contribution >= 0.6 is 0 Å². The van der Waals surface area contributed by atoms with E-state index >= 15 is 0 Å². The molecule has 0 aliphatic rings. The summed E-state index contributed by atoms with van der Waals surface area (Å²) in [6.45, 7) is 0. The molecule has 0 unspecified atom stereocenters. The van der Waals surface area contributed by atoms with Crippen LogP contribution in [0, 0.1) is 6.07 Å². The van der Waals surface area contributed by atoms with Gasteiger partial charge >= 0.3 is 0 Å². The van der Waals surface area contributed by atoms with Gasteiger partial charge in [0.2, 0.25) is 0 Å². The smallest absolute Gasteiger partial charge is 0.146 e. The van der Waals surface area contributed by atoms with Gasteiger partial charge in [-0.15, -0.1) is 0 Å². The average molecular weight is 180 g/mol. The Balaban J connectivity index is 3.21. The van der Waals surface area contributed by atoms with Crippen molar-refractivity contribution in [2.45, 2.75) is 0 Å². The molecule has 1 aromatic rings. The maximum Gasteiger partial charge on any atom is 0.146 e. The fraction of sp³-hybridized carbons (Fsp3) is 0.400. The zero-order chi connectivity index (χ0) is 9.84. The van der Waals surface area contributed by atoms with E-state index in [1.165, 1.54) is 0 Å². The minimum atomic E-state index is 0.768. The lowest BCUT2D eigenvalue weighted by molar-refractivity contribution is 0.395. The lowest BCUT2D eigenvalue weighted by atomic mass is 10.2. The van der Waals surface area contributed by atoms with E-state index in [-0.39, 0.29) is 0 Å². The Kier molecular flexibility index (Phi) is 3.01. The van der Waals surface area contributed by atoms with E-state index in [0.717, 1.165) is 17.2 Å². The summed E-state index contributed by atoms with van der Waals surface area (Å²) in [6, 6.07) is 6.53. The van der Waals surface area contributed by atoms with Crippen LogP contribution in [0.15, 0.2) is 12.1 Å². The molecule has 0 saturated heterocycles. The molecule has 0 bridgehead atoms. The van der Waals surface area contributed by atoms with Gasteiger partial charge in [0, 0.05) is 14.1 Å². The van der Waals surface area contributed by atoms with Crippen LogP contribution in [0.3, 0.4) is 0 Å². The highest BCUT2D eigenvalue weighted by molar-refractivity contribution is 5.66. The number of hydrogen-bond donors (Lipinski definition) is 0. The maximum absolute atomic E-state index is 5.20. The Morgan fingerprint density at radius 2 is 1.54 bits per heavy atom. The number of rotatable bonds is 3. The summed E-state index contributed by atoms with van der Waals surface area (Å²) in [5, 5.41) is 0. The first-order valence-corrected chi connectivity index (χ1v) is 4.00. The molecular formula is C10H14NO2. The number of nitrogens with zero attached hydrogens (tertiary/aromatic N) is 1. The van der Waals surface area contributed by atoms with Crippen molar-refractivity contribution in [1.82, 2.24) is 0 Å². The average Bonchev–Trinajstić information content (AvgIpc) is 2.16. The highest BCUT2D eigenvalue weighted by Gasteiger charge is 2.10. The van der Waals surface area contributed by atoms with Crippen LogP contribution in [-0.4, -0.2) is 28.3 Å². The Hall–Kier alpha value is -1.38. The lowest BCUT2D eigenvalue weighted by Gasteiger charge is -2.19. The molecule has 13 heavy (non-hydrogen) atoms. The van der Waals surface area contributed by atoms with E-state index in [2.05, 4.69) is 6.07 Å². The van der Waals surface area contributed by atoms with E-state index in [1.807, 2.05) is 19.0 Å². The molecule has 0 aromatic heterocycles. The van der Waals surface area contributed by atoms with Crippen molar-refractivity contribution in [1.29, 1.82) is 0 Å². The van der Waals surface area contributed by atoms with Gasteiger partial charge < -0.3 is 14.4 Å². The molecule has 0 aliphatic heterocycles. The third-order valence-electron chi connectivity index (χ3n) is 1.78. The van der Waals surface area contributed by atoms with Gasteiger partial charge in [0.25, 0.3) is 0 Å². The van der Waals surface area contributed by atoms with Crippen molar-refractivity contribution in [3.8, 4) is 11.5 Å². The Morgan fingerprint density at radius 3 is 1.85 bits per heavy atom. The van der Waals surface area contributed by atoms with Crippen LogP contribution < -0.4 is 14.4 Å². The van der Waals surface area contributed by atoms with Gasteiger partial charge in [-0.05, 0) is 18.2 Å². The molecule has 1 rings (SSSR count). The van der Waals surface area contributed by atoms with Gasteiger partial charge in [-0.2, -0.15) is 0 Å². The van der Waals surface area contributed by atoms with Crippen LogP contribution in [0.4, 0.5) is 5.69 Å². The first-order valence-electron chi connectivity index (χ1n) is 4.00. The molecule has 71 valence electrons. The first-order chi connectivity index (χ1) is 6.20. The molecule has 3 heteroatoms. The lowest BCUT2D eigenvalue weighted by Crippen LogP contribution is -2.11. The first kappa shape index (κ1) is 9.71. The number of methoxy groups -OCH3 is 2. The topological polar surface area (TPSA) is 21.7 Å². The van der Waals surface area contributed by atoms with Gasteiger partial charge in [-0.25, -0.2) is 0 Å². The minimum Gasteiger partial charge on any atom is -0.494 e. The second-order valence-electron chi connectivity index (χ2n) is 2.84. The fourth-order valence-corrected chi connectivity index (χ4v) is 1.20. The molecule has 1 radical (unpaired) electrons. The molecular weight excluding hydrogens is 166 g/mol. The maximum atomic E-state index is 5.20. The highest BCUT2D eigenvalue weighted by Crippen LogP contribution is 2.35. The second-order valence-corrected chi connectivity index (χ2v) is 2.84. The monoisotopic (exact) mass is 180 g/mol. The van der Waals surface area contributed by atoms with Crippen LogP contribution in [0.2, 0.25) is 0 Å². The molecule has 0 spiro atoms. The fourth-order valence-electron chi connectivity index (χ4n) is 1.20. The van der Waals surface area contributed by atoms with Gasteiger partial charge in [0.15, 0.2) is 0 Å². The summed E-state index contributed by atoms with van der Waals surface area (Å²) in [5.74, 6) is 1.54. The predicted molar refractivity (Wildman–Crippen MR) is 52.7 cm³/mol. The summed E-state index contributed by atoms with van der Waals surface area (Å²) >= 11 is 0. The normalized spacial score (nSPS) is 9.54. The Labute approximate surface area is 78.9 Å². The number of anilines is 1. The molecule has 0 amide bonds. The Morgan fingerprint density at radius 1 is 1.08 bits per heavy atom. The molecule has 0 heterocycles. The van der Waals surface area contributed by atoms with E-state index in [0.29, 0.717) is 0 Å². The largest absolute Gasteiger partial charge is 0.494 e. The summed E-state index contributed by atoms with van der Waals surface area (Å²) in [5.41, 5.74) is 0.934. The molecule has 1 aromatic carbocycles. The van der Waals surface area contributed by atoms with Crippen LogP contribution in [-0.2, 0) is 0 Å². The molecule has 0 N–H and O–H groups in total. The molecule has 0 fully saturated rings. The van der Waals surface area contributed by atoms with E-state index in [1.54, 1.807) is 26.4 Å². The number of ether oxygens (including phenoxy) is 2. The van der Waals surface area contributed by atoms with Gasteiger partial charge in [-0.3, -0.25) is 0 Å². The number of benzene rings is 1. The summed E-state index contributed by atoms with van der Waals surface area (Å²) < 4.78 is 10.4. The van der Waals surface area contributed by atoms with Gasteiger partial charge in [0.1, 0.15) is 17.2 Å². The molecule has 0 aliphatic carbocycles. The van der Waals surface area contributed by atoms with Crippen LogP contribution in [0.25, 0.3) is 0 Å². The quantitative estimate of drug-likeness (QED) is 0.704. The third-order valence-corrected chi connectivity index (χ3v) is 1.78. The van der Waals surface area contributed by atoms with Crippen molar-refractivity contribution >= 4 is 5.69 Å². The van der Waals surface area contributed by atoms with E-state index in [4.69, 9.17) is 9.47 Å². The van der Waals surface area contributed by atoms with E-state index < -0.39 is 0 Å². The van der Waals surface area contributed by atoms with Crippen molar-refractivity contribution in [2.24, 2.45) is 0 Å². The minimum absolute atomic E-state index is 0.768. The van der Waals surface area contributed by atoms with Crippen molar-refractivity contribution < 1.29 is 9.47 Å². The van der Waals surface area contributed by atoms with Crippen LogP contribution in [0.1, 0.15) is 0 Å². The predicted octanol–water partition coefficient (Wildman–Crippen LogP) is 1.57. The zero-order valence-electron chi connectivity index (χ0n) is 8.42. The van der Waals surface area contributed by atoms with E-state index in [9.17, 15) is 0 Å². The summed E-state index contributed by atoms with van der Waals surface area (Å²) in [6.07, 6.45) is 0. The SMILES string of the molecule is COc1c[c]cc(OC)c1N(C)C. The van der Waals surface area contributed by atoms with Crippen molar-refractivity contribution in [2.75, 3.05) is 33.2 Å². The standard InChI is InChI=1S/C10H14NO2/c1-11(2)10-8(12-3)6-5-7-9(10)13-4/h6-7H,1-4H3. The highest BCUT2D eigenvalue weighted by atomic mass is 16.5. The zero-order valence-corrected chi connectivity index (χ0v) is 8.42. The Bertz CT molecular complexity index is 262. The van der Waals surface area contributed by atoms with Crippen LogP contribution in [0.5, 0.6) is 11.5 Å². The summed E-state index contributed by atoms with van der Waals surface area (Å²) in [7, 11) is 7.16. The molecule has 0 atom stereocenters. The number of hydrogen-bond acceptors (Lipinski definition) is 3. The molecule has 0 saturated carbocycles. The van der Waals surface area contributed by atoms with Crippen molar-refractivity contribution in [3.05, 3.63) is 18.2 Å². The third kappa shape index (κ3) is 1.86. The summed E-state index contributed by atoms with van der Waals surface area (Å²) in [4.78, 5) is 1.95. The van der Waals surface area contributed by atoms with Gasteiger partial charge in [-0.1, -0.05) is 0 Å². The van der Waals surface area contributed by atoms with Crippen molar-refractivity contribution in [3.63, 3.8) is 0 Å². The second kappa shape index (κ2) is 4.03. The van der Waals surface area contributed by atoms with Gasteiger partial charge in [0.05, 0.1) is 14.2 Å².